The standard InChI is InChI=1S/C13H18BrNO/c1-12(2)7-13(12,8-15)10-5-4-9(14)6-11(10)16-3/h4-6H,7-8,15H2,1-3H3. The van der Waals surface area contributed by atoms with E-state index in [9.17, 15) is 0 Å². The van der Waals surface area contributed by atoms with Crippen LogP contribution in [0.4, 0.5) is 0 Å². The largest absolute Gasteiger partial charge is 0.496 e. The molecular weight excluding hydrogens is 266 g/mol. The topological polar surface area (TPSA) is 35.2 Å². The molecule has 1 aromatic rings. The fourth-order valence-electron chi connectivity index (χ4n) is 2.69. The number of methoxy groups -OCH3 is 1. The summed E-state index contributed by atoms with van der Waals surface area (Å²) >= 11 is 3.46. The molecule has 0 heterocycles. The van der Waals surface area contributed by atoms with Crippen LogP contribution in [-0.4, -0.2) is 13.7 Å². The molecule has 0 radical (unpaired) electrons. The van der Waals surface area contributed by atoms with Crippen LogP contribution in [0.3, 0.4) is 0 Å². The van der Waals surface area contributed by atoms with Crippen LogP contribution in [0.5, 0.6) is 5.75 Å². The highest BCUT2D eigenvalue weighted by Gasteiger charge is 2.61. The summed E-state index contributed by atoms with van der Waals surface area (Å²) in [4.78, 5) is 0. The van der Waals surface area contributed by atoms with Gasteiger partial charge in [-0.15, -0.1) is 0 Å². The van der Waals surface area contributed by atoms with Crippen LogP contribution in [0, 0.1) is 5.41 Å². The molecule has 2 rings (SSSR count). The van der Waals surface area contributed by atoms with Crippen molar-refractivity contribution in [3.05, 3.63) is 28.2 Å². The Labute approximate surface area is 105 Å². The van der Waals surface area contributed by atoms with E-state index in [-0.39, 0.29) is 10.8 Å². The Morgan fingerprint density at radius 3 is 2.50 bits per heavy atom. The molecule has 0 aromatic heterocycles. The van der Waals surface area contributed by atoms with Gasteiger partial charge in [-0.25, -0.2) is 0 Å². The van der Waals surface area contributed by atoms with Gasteiger partial charge in [0.15, 0.2) is 0 Å². The van der Waals surface area contributed by atoms with Crippen LogP contribution in [0.1, 0.15) is 25.8 Å². The Bertz CT molecular complexity index is 416. The molecular formula is C13H18BrNO. The summed E-state index contributed by atoms with van der Waals surface area (Å²) in [6, 6.07) is 6.20. The van der Waals surface area contributed by atoms with Crippen molar-refractivity contribution in [2.45, 2.75) is 25.7 Å². The van der Waals surface area contributed by atoms with Crippen molar-refractivity contribution in [2.24, 2.45) is 11.1 Å². The number of hydrogen-bond donors (Lipinski definition) is 1. The van der Waals surface area contributed by atoms with E-state index >= 15 is 0 Å². The summed E-state index contributed by atoms with van der Waals surface area (Å²) in [5, 5.41) is 0. The second-order valence-corrected chi connectivity index (χ2v) is 6.11. The summed E-state index contributed by atoms with van der Waals surface area (Å²) in [6.45, 7) is 5.21. The highest BCUT2D eigenvalue weighted by molar-refractivity contribution is 9.10. The molecule has 1 aliphatic carbocycles. The quantitative estimate of drug-likeness (QED) is 0.925. The highest BCUT2D eigenvalue weighted by atomic mass is 79.9. The summed E-state index contributed by atoms with van der Waals surface area (Å²) in [5.41, 5.74) is 7.59. The van der Waals surface area contributed by atoms with Gasteiger partial charge in [0, 0.05) is 22.0 Å². The number of hydrogen-bond acceptors (Lipinski definition) is 2. The molecule has 0 aliphatic heterocycles. The van der Waals surface area contributed by atoms with Crippen LogP contribution in [-0.2, 0) is 5.41 Å². The van der Waals surface area contributed by atoms with Crippen LogP contribution in [0.25, 0.3) is 0 Å². The lowest BCUT2D eigenvalue weighted by molar-refractivity contribution is 0.395. The minimum Gasteiger partial charge on any atom is -0.496 e. The number of halogens is 1. The van der Waals surface area contributed by atoms with E-state index in [1.165, 1.54) is 5.56 Å². The molecule has 2 nitrogen and oxygen atoms in total. The smallest absolute Gasteiger partial charge is 0.123 e. The van der Waals surface area contributed by atoms with E-state index in [0.29, 0.717) is 6.54 Å². The Hall–Kier alpha value is -0.540. The Morgan fingerprint density at radius 1 is 1.44 bits per heavy atom. The van der Waals surface area contributed by atoms with Gasteiger partial charge in [-0.05, 0) is 24.0 Å². The van der Waals surface area contributed by atoms with Crippen molar-refractivity contribution in [3.63, 3.8) is 0 Å². The summed E-state index contributed by atoms with van der Waals surface area (Å²) in [7, 11) is 1.71. The fourth-order valence-corrected chi connectivity index (χ4v) is 3.03. The average Bonchev–Trinajstić information content (AvgIpc) is 2.82. The normalized spacial score (nSPS) is 26.6. The van der Waals surface area contributed by atoms with Crippen molar-refractivity contribution >= 4 is 15.9 Å². The van der Waals surface area contributed by atoms with Gasteiger partial charge in [-0.3, -0.25) is 0 Å². The molecule has 1 fully saturated rings. The summed E-state index contributed by atoms with van der Waals surface area (Å²) in [6.07, 6.45) is 1.13. The van der Waals surface area contributed by atoms with Crippen LogP contribution >= 0.6 is 15.9 Å². The minimum absolute atomic E-state index is 0.0963. The van der Waals surface area contributed by atoms with E-state index in [1.54, 1.807) is 7.11 Å². The summed E-state index contributed by atoms with van der Waals surface area (Å²) in [5.74, 6) is 0.936. The second-order valence-electron chi connectivity index (χ2n) is 5.19. The molecule has 0 spiro atoms. The van der Waals surface area contributed by atoms with Crippen molar-refractivity contribution < 1.29 is 4.74 Å². The zero-order chi connectivity index (χ0) is 12.0. The van der Waals surface area contributed by atoms with E-state index in [0.717, 1.165) is 16.6 Å². The van der Waals surface area contributed by atoms with E-state index in [2.05, 4.69) is 41.9 Å². The number of rotatable bonds is 3. The van der Waals surface area contributed by atoms with Crippen molar-refractivity contribution in [2.75, 3.05) is 13.7 Å². The zero-order valence-electron chi connectivity index (χ0n) is 10.0. The molecule has 2 N–H and O–H groups in total. The van der Waals surface area contributed by atoms with Gasteiger partial charge in [0.1, 0.15) is 5.75 Å². The molecule has 1 atom stereocenters. The Balaban J connectivity index is 2.48. The lowest BCUT2D eigenvalue weighted by Gasteiger charge is -2.21. The van der Waals surface area contributed by atoms with E-state index in [1.807, 2.05) is 6.07 Å². The molecule has 0 saturated heterocycles. The lowest BCUT2D eigenvalue weighted by Crippen LogP contribution is -2.25. The van der Waals surface area contributed by atoms with Gasteiger partial charge in [0.2, 0.25) is 0 Å². The predicted octanol–water partition coefficient (Wildman–Crippen LogP) is 3.08. The van der Waals surface area contributed by atoms with Gasteiger partial charge in [-0.1, -0.05) is 35.8 Å². The fraction of sp³-hybridized carbons (Fsp3) is 0.538. The second kappa shape index (κ2) is 3.74. The maximum absolute atomic E-state index is 5.97. The first-order valence-electron chi connectivity index (χ1n) is 5.51. The van der Waals surface area contributed by atoms with Gasteiger partial charge < -0.3 is 10.5 Å². The third-order valence-electron chi connectivity index (χ3n) is 3.94. The Kier molecular flexibility index (Phi) is 2.79. The first-order valence-corrected chi connectivity index (χ1v) is 6.30. The monoisotopic (exact) mass is 283 g/mol. The number of nitrogens with two attached hydrogens (primary N) is 1. The molecule has 1 aliphatic rings. The third-order valence-corrected chi connectivity index (χ3v) is 4.44. The van der Waals surface area contributed by atoms with Gasteiger partial charge in [0.25, 0.3) is 0 Å². The SMILES string of the molecule is COc1cc(Br)ccc1C1(CN)CC1(C)C. The van der Waals surface area contributed by atoms with Crippen LogP contribution < -0.4 is 10.5 Å². The molecule has 16 heavy (non-hydrogen) atoms. The van der Waals surface area contributed by atoms with Crippen molar-refractivity contribution in [1.29, 1.82) is 0 Å². The first-order chi connectivity index (χ1) is 7.47. The number of ether oxygens (including phenoxy) is 1. The highest BCUT2D eigenvalue weighted by Crippen LogP contribution is 2.65. The zero-order valence-corrected chi connectivity index (χ0v) is 11.6. The number of benzene rings is 1. The molecule has 3 heteroatoms. The maximum Gasteiger partial charge on any atom is 0.123 e. The lowest BCUT2D eigenvalue weighted by atomic mass is 9.87. The van der Waals surface area contributed by atoms with Crippen molar-refractivity contribution in [3.8, 4) is 5.75 Å². The van der Waals surface area contributed by atoms with Gasteiger partial charge in [-0.2, -0.15) is 0 Å². The van der Waals surface area contributed by atoms with Gasteiger partial charge >= 0.3 is 0 Å². The first kappa shape index (κ1) is 11.9. The van der Waals surface area contributed by atoms with Crippen molar-refractivity contribution in [1.82, 2.24) is 0 Å². The minimum atomic E-state index is 0.0963. The molecule has 0 amide bonds. The van der Waals surface area contributed by atoms with Crippen LogP contribution in [0.15, 0.2) is 22.7 Å². The predicted molar refractivity (Wildman–Crippen MR) is 69.8 cm³/mol. The molecule has 1 saturated carbocycles. The third kappa shape index (κ3) is 1.57. The van der Waals surface area contributed by atoms with Gasteiger partial charge in [0.05, 0.1) is 7.11 Å². The molecule has 0 bridgehead atoms. The van der Waals surface area contributed by atoms with E-state index < -0.39 is 0 Å². The average molecular weight is 284 g/mol. The molecule has 1 unspecified atom stereocenters. The van der Waals surface area contributed by atoms with Crippen LogP contribution in [0.2, 0.25) is 0 Å². The molecule has 1 aromatic carbocycles. The Morgan fingerprint density at radius 2 is 2.06 bits per heavy atom. The summed E-state index contributed by atoms with van der Waals surface area (Å²) < 4.78 is 6.50. The maximum atomic E-state index is 5.97. The van der Waals surface area contributed by atoms with E-state index in [4.69, 9.17) is 10.5 Å². The molecule has 88 valence electrons.